The summed E-state index contributed by atoms with van der Waals surface area (Å²) in [5, 5.41) is 1.01. The molecule has 3 rings (SSSR count). The van der Waals surface area contributed by atoms with Crippen LogP contribution < -0.4 is 4.74 Å². The van der Waals surface area contributed by atoms with Crippen molar-refractivity contribution in [2.24, 2.45) is 5.92 Å². The van der Waals surface area contributed by atoms with Crippen LogP contribution in [0.4, 0.5) is 0 Å². The van der Waals surface area contributed by atoms with Crippen LogP contribution in [0.2, 0.25) is 0 Å². The molecule has 1 fully saturated rings. The molecule has 0 N–H and O–H groups in total. The van der Waals surface area contributed by atoms with Crippen molar-refractivity contribution in [3.63, 3.8) is 0 Å². The number of likely N-dealkylation sites (tertiary alicyclic amines) is 1. The van der Waals surface area contributed by atoms with Gasteiger partial charge < -0.3 is 18.8 Å². The maximum absolute atomic E-state index is 12.7. The Kier molecular flexibility index (Phi) is 6.07. The van der Waals surface area contributed by atoms with E-state index in [1.54, 1.807) is 31.3 Å². The first-order chi connectivity index (χ1) is 13.4. The molecule has 1 amide bonds. The third kappa shape index (κ3) is 4.06. The van der Waals surface area contributed by atoms with E-state index in [1.165, 1.54) is 0 Å². The molecule has 1 aliphatic rings. The largest absolute Gasteiger partial charge is 0.496 e. The number of esters is 1. The molecule has 1 aromatic carbocycles. The van der Waals surface area contributed by atoms with Crippen LogP contribution in [0.3, 0.4) is 0 Å². The Morgan fingerprint density at radius 1 is 1.29 bits per heavy atom. The summed E-state index contributed by atoms with van der Waals surface area (Å²) < 4.78 is 16.1. The highest BCUT2D eigenvalue weighted by Crippen LogP contribution is 2.33. The van der Waals surface area contributed by atoms with Crippen LogP contribution in [0.1, 0.15) is 37.8 Å². The Hall–Kier alpha value is -2.76. The number of carbonyl (C=O) groups excluding carboxylic acids is 2. The molecule has 0 bridgehead atoms. The predicted octanol–water partition coefficient (Wildman–Crippen LogP) is 3.95. The van der Waals surface area contributed by atoms with Gasteiger partial charge in [0.1, 0.15) is 11.3 Å². The summed E-state index contributed by atoms with van der Waals surface area (Å²) in [5.41, 5.74) is 3.50. The second-order valence-electron chi connectivity index (χ2n) is 7.15. The van der Waals surface area contributed by atoms with E-state index in [0.717, 1.165) is 27.7 Å². The number of hydrogen-bond donors (Lipinski definition) is 0. The standard InChI is InChI=1S/C22H27NO5/c1-5-27-22(25)16-6-8-23(9-7-16)21(24)10-14(2)17-11-18-15(3)13-28-20(18)12-19(17)26-4/h10-13,16H,5-9H2,1-4H3/b14-10+. The zero-order valence-electron chi connectivity index (χ0n) is 16.9. The number of allylic oxidation sites excluding steroid dienone is 1. The van der Waals surface area contributed by atoms with E-state index in [2.05, 4.69) is 0 Å². The number of rotatable bonds is 5. The first-order valence-electron chi connectivity index (χ1n) is 9.64. The molecule has 6 heteroatoms. The average molecular weight is 385 g/mol. The monoisotopic (exact) mass is 385 g/mol. The van der Waals surface area contributed by atoms with Gasteiger partial charge in [-0.15, -0.1) is 0 Å². The number of piperidine rings is 1. The molecule has 0 radical (unpaired) electrons. The van der Waals surface area contributed by atoms with Gasteiger partial charge in [0.25, 0.3) is 0 Å². The van der Waals surface area contributed by atoms with Gasteiger partial charge in [0.05, 0.1) is 25.9 Å². The molecule has 6 nitrogen and oxygen atoms in total. The van der Waals surface area contributed by atoms with Gasteiger partial charge >= 0.3 is 5.97 Å². The number of carbonyl (C=O) groups is 2. The lowest BCUT2D eigenvalue weighted by atomic mass is 9.96. The Morgan fingerprint density at radius 3 is 2.64 bits per heavy atom. The van der Waals surface area contributed by atoms with E-state index in [0.29, 0.717) is 38.3 Å². The molecule has 2 heterocycles. The van der Waals surface area contributed by atoms with E-state index in [9.17, 15) is 9.59 Å². The fourth-order valence-electron chi connectivity index (χ4n) is 3.61. The summed E-state index contributed by atoms with van der Waals surface area (Å²) in [6.07, 6.45) is 4.64. The Morgan fingerprint density at radius 2 is 2.00 bits per heavy atom. The minimum absolute atomic E-state index is 0.0501. The zero-order chi connectivity index (χ0) is 20.3. The molecule has 0 unspecified atom stereocenters. The molecule has 0 aliphatic carbocycles. The molecular formula is C22H27NO5. The highest BCUT2D eigenvalue weighted by atomic mass is 16.5. The van der Waals surface area contributed by atoms with Gasteiger partial charge in [-0.2, -0.15) is 0 Å². The number of methoxy groups -OCH3 is 1. The highest BCUT2D eigenvalue weighted by molar-refractivity contribution is 5.97. The van der Waals surface area contributed by atoms with Crippen molar-refractivity contribution in [2.45, 2.75) is 33.6 Å². The Bertz CT molecular complexity index is 903. The number of nitrogens with zero attached hydrogens (tertiary/aromatic N) is 1. The number of fused-ring (bicyclic) bond motifs is 1. The first kappa shape index (κ1) is 20.0. The molecule has 0 atom stereocenters. The molecule has 2 aromatic rings. The lowest BCUT2D eigenvalue weighted by Crippen LogP contribution is -2.40. The Balaban J connectivity index is 1.75. The molecule has 1 saturated heterocycles. The third-order valence-corrected chi connectivity index (χ3v) is 5.28. The SMILES string of the molecule is CCOC(=O)C1CCN(C(=O)/C=C(\C)c2cc3c(C)coc3cc2OC)CC1. The number of benzene rings is 1. The van der Waals surface area contributed by atoms with Crippen molar-refractivity contribution in [1.29, 1.82) is 0 Å². The topological polar surface area (TPSA) is 69.0 Å². The maximum atomic E-state index is 12.7. The van der Waals surface area contributed by atoms with Crippen LogP contribution in [-0.2, 0) is 14.3 Å². The third-order valence-electron chi connectivity index (χ3n) is 5.28. The van der Waals surface area contributed by atoms with E-state index in [4.69, 9.17) is 13.9 Å². The summed E-state index contributed by atoms with van der Waals surface area (Å²) >= 11 is 0. The fourth-order valence-corrected chi connectivity index (χ4v) is 3.61. The van der Waals surface area contributed by atoms with Crippen molar-refractivity contribution >= 4 is 28.4 Å². The number of aryl methyl sites for hydroxylation is 1. The minimum atomic E-state index is -0.158. The number of furan rings is 1. The molecule has 150 valence electrons. The van der Waals surface area contributed by atoms with Gasteiger partial charge in [-0.25, -0.2) is 0 Å². The smallest absolute Gasteiger partial charge is 0.309 e. The average Bonchev–Trinajstić information content (AvgIpc) is 3.07. The van der Waals surface area contributed by atoms with Crippen molar-refractivity contribution in [3.05, 3.63) is 35.6 Å². The molecule has 1 aromatic heterocycles. The lowest BCUT2D eigenvalue weighted by Gasteiger charge is -2.30. The van der Waals surface area contributed by atoms with Crippen LogP contribution in [0.15, 0.2) is 28.9 Å². The van der Waals surface area contributed by atoms with Crippen LogP contribution in [0.25, 0.3) is 16.5 Å². The molecule has 0 saturated carbocycles. The van der Waals surface area contributed by atoms with E-state index in [-0.39, 0.29) is 17.8 Å². The maximum Gasteiger partial charge on any atom is 0.309 e. The highest BCUT2D eigenvalue weighted by Gasteiger charge is 2.27. The van der Waals surface area contributed by atoms with Gasteiger partial charge in [0.15, 0.2) is 0 Å². The molecule has 1 aliphatic heterocycles. The van der Waals surface area contributed by atoms with E-state index in [1.807, 2.05) is 26.0 Å². The van der Waals surface area contributed by atoms with Gasteiger partial charge in [-0.1, -0.05) is 0 Å². The minimum Gasteiger partial charge on any atom is -0.496 e. The molecule has 0 spiro atoms. The van der Waals surface area contributed by atoms with Crippen molar-refractivity contribution in [2.75, 3.05) is 26.8 Å². The predicted molar refractivity (Wildman–Crippen MR) is 107 cm³/mol. The molecule has 28 heavy (non-hydrogen) atoms. The second-order valence-corrected chi connectivity index (χ2v) is 7.15. The number of amides is 1. The first-order valence-corrected chi connectivity index (χ1v) is 9.64. The van der Waals surface area contributed by atoms with Crippen molar-refractivity contribution in [1.82, 2.24) is 4.90 Å². The number of hydrogen-bond acceptors (Lipinski definition) is 5. The summed E-state index contributed by atoms with van der Waals surface area (Å²) in [5.74, 6) is 0.353. The molecular weight excluding hydrogens is 358 g/mol. The quantitative estimate of drug-likeness (QED) is 0.576. The summed E-state index contributed by atoms with van der Waals surface area (Å²) in [6, 6.07) is 3.85. The van der Waals surface area contributed by atoms with Crippen LogP contribution in [0.5, 0.6) is 5.75 Å². The van der Waals surface area contributed by atoms with Crippen LogP contribution >= 0.6 is 0 Å². The zero-order valence-corrected chi connectivity index (χ0v) is 16.9. The van der Waals surface area contributed by atoms with Gasteiger partial charge in [-0.3, -0.25) is 9.59 Å². The van der Waals surface area contributed by atoms with Gasteiger partial charge in [0, 0.05) is 36.2 Å². The van der Waals surface area contributed by atoms with Crippen LogP contribution in [0, 0.1) is 12.8 Å². The van der Waals surface area contributed by atoms with E-state index < -0.39 is 0 Å². The van der Waals surface area contributed by atoms with Gasteiger partial charge in [-0.05, 0) is 50.8 Å². The Labute approximate surface area is 165 Å². The second kappa shape index (κ2) is 8.50. The summed E-state index contributed by atoms with van der Waals surface area (Å²) in [7, 11) is 1.61. The summed E-state index contributed by atoms with van der Waals surface area (Å²) in [4.78, 5) is 26.4. The lowest BCUT2D eigenvalue weighted by molar-refractivity contribution is -0.150. The van der Waals surface area contributed by atoms with Gasteiger partial charge in [0.2, 0.25) is 5.91 Å². The van der Waals surface area contributed by atoms with Crippen LogP contribution in [-0.4, -0.2) is 43.6 Å². The van der Waals surface area contributed by atoms with Crippen molar-refractivity contribution in [3.8, 4) is 5.75 Å². The van der Waals surface area contributed by atoms with Crippen molar-refractivity contribution < 1.29 is 23.5 Å². The fraction of sp³-hybridized carbons (Fsp3) is 0.455. The summed E-state index contributed by atoms with van der Waals surface area (Å²) in [6.45, 7) is 7.21. The van der Waals surface area contributed by atoms with E-state index >= 15 is 0 Å². The number of ether oxygens (including phenoxy) is 2. The normalized spacial score (nSPS) is 15.7.